The van der Waals surface area contributed by atoms with Crippen LogP contribution in [0.5, 0.6) is 0 Å². The van der Waals surface area contributed by atoms with Crippen molar-refractivity contribution in [2.24, 2.45) is 0 Å². The zero-order valence-electron chi connectivity index (χ0n) is 51.2. The lowest BCUT2D eigenvalue weighted by Crippen LogP contribution is -2.47. The number of nitrogens with one attached hydrogen (secondary N) is 1. The summed E-state index contributed by atoms with van der Waals surface area (Å²) in [6, 6.07) is -0.898. The fourth-order valence-electron chi connectivity index (χ4n) is 9.75. The summed E-state index contributed by atoms with van der Waals surface area (Å²) in [5, 5.41) is 3.02. The van der Waals surface area contributed by atoms with Gasteiger partial charge in [0.1, 0.15) is 19.3 Å². The van der Waals surface area contributed by atoms with Crippen molar-refractivity contribution in [1.29, 1.82) is 0 Å². The first-order chi connectivity index (χ1) is 36.9. The minimum Gasteiger partial charge on any atom is -0.756 e. The number of amides is 1. The number of nitrogens with zero attached hydrogens (tertiary/aromatic N) is 1. The first kappa shape index (κ1) is 74.2. The molecule has 0 aromatic carbocycles. The third kappa shape index (κ3) is 56.9. The maximum absolute atomic E-state index is 13.5. The van der Waals surface area contributed by atoms with Crippen molar-refractivity contribution in [3.05, 3.63) is 36.5 Å². The Morgan fingerprint density at radius 3 is 1.17 bits per heavy atom. The summed E-state index contributed by atoms with van der Waals surface area (Å²) in [6.07, 6.45) is 68.4. The molecule has 0 fully saturated rings. The smallest absolute Gasteiger partial charge is 0.306 e. The van der Waals surface area contributed by atoms with Gasteiger partial charge in [-0.25, -0.2) is 0 Å². The van der Waals surface area contributed by atoms with E-state index in [0.29, 0.717) is 17.4 Å². The number of phosphoric ester groups is 1. The van der Waals surface area contributed by atoms with E-state index in [4.69, 9.17) is 13.8 Å². The third-order valence-corrected chi connectivity index (χ3v) is 15.8. The summed E-state index contributed by atoms with van der Waals surface area (Å²) >= 11 is 0. The molecule has 3 unspecified atom stereocenters. The molecule has 0 aliphatic carbocycles. The molecule has 0 aromatic heterocycles. The fraction of sp³-hybridized carbons (Fsp3) is 0.879. The summed E-state index contributed by atoms with van der Waals surface area (Å²) < 4.78 is 30.3. The number of rotatable bonds is 60. The summed E-state index contributed by atoms with van der Waals surface area (Å²) in [6.45, 7) is 6.85. The van der Waals surface area contributed by atoms with E-state index in [2.05, 4.69) is 50.4 Å². The number of carbonyl (C=O) groups is 2. The molecular weight excluding hydrogens is 964 g/mol. The lowest BCUT2D eigenvalue weighted by atomic mass is 10.0. The van der Waals surface area contributed by atoms with Gasteiger partial charge in [-0.15, -0.1) is 0 Å². The highest BCUT2D eigenvalue weighted by Crippen LogP contribution is 2.38. The van der Waals surface area contributed by atoms with Crippen LogP contribution in [0.25, 0.3) is 0 Å². The van der Waals surface area contributed by atoms with E-state index < -0.39 is 26.6 Å². The molecule has 0 heterocycles. The van der Waals surface area contributed by atoms with E-state index in [1.807, 2.05) is 33.3 Å². The Morgan fingerprint density at radius 2 is 0.789 bits per heavy atom. The number of hydrogen-bond acceptors (Lipinski definition) is 7. The second-order valence-electron chi connectivity index (χ2n) is 23.7. The molecule has 1 N–H and O–H groups in total. The highest BCUT2D eigenvalue weighted by molar-refractivity contribution is 7.45. The lowest BCUT2D eigenvalue weighted by Gasteiger charge is -2.30. The van der Waals surface area contributed by atoms with Crippen LogP contribution in [0.1, 0.15) is 323 Å². The number of esters is 1. The Balaban J connectivity index is 5.11. The summed E-state index contributed by atoms with van der Waals surface area (Å²) in [4.78, 5) is 40.0. The predicted octanol–water partition coefficient (Wildman–Crippen LogP) is 19.7. The molecule has 0 aliphatic rings. The van der Waals surface area contributed by atoms with E-state index in [1.165, 1.54) is 218 Å². The Bertz CT molecular complexity index is 1400. The number of hydrogen-bond donors (Lipinski definition) is 1. The molecule has 0 radical (unpaired) electrons. The Hall–Kier alpha value is -1.77. The molecule has 0 bridgehead atoms. The topological polar surface area (TPSA) is 114 Å². The van der Waals surface area contributed by atoms with Gasteiger partial charge in [0.2, 0.25) is 5.91 Å². The van der Waals surface area contributed by atoms with E-state index in [0.717, 1.165) is 64.2 Å². The van der Waals surface area contributed by atoms with Gasteiger partial charge in [-0.05, 0) is 57.4 Å². The van der Waals surface area contributed by atoms with Gasteiger partial charge in [-0.2, -0.15) is 0 Å². The van der Waals surface area contributed by atoms with Crippen LogP contribution in [0, 0.1) is 0 Å². The van der Waals surface area contributed by atoms with E-state index in [-0.39, 0.29) is 31.3 Å². The molecule has 0 spiro atoms. The number of ether oxygens (including phenoxy) is 1. The Morgan fingerprint density at radius 1 is 0.461 bits per heavy atom. The molecule has 10 heteroatoms. The lowest BCUT2D eigenvalue weighted by molar-refractivity contribution is -0.870. The number of carbonyl (C=O) groups excluding carboxylic acids is 2. The average Bonchev–Trinajstić information content (AvgIpc) is 3.38. The normalized spacial score (nSPS) is 13.8. The Kier molecular flexibility index (Phi) is 55.2. The summed E-state index contributed by atoms with van der Waals surface area (Å²) in [5.41, 5.74) is 0. The minimum absolute atomic E-state index is 0.0251. The van der Waals surface area contributed by atoms with Crippen molar-refractivity contribution >= 4 is 19.7 Å². The molecule has 9 nitrogen and oxygen atoms in total. The Labute approximate surface area is 472 Å². The van der Waals surface area contributed by atoms with Crippen LogP contribution in [0.3, 0.4) is 0 Å². The van der Waals surface area contributed by atoms with Gasteiger partial charge in [0, 0.05) is 12.8 Å². The number of likely N-dealkylation sites (N-methyl/N-ethyl adjacent to an activating group) is 1. The van der Waals surface area contributed by atoms with E-state index >= 15 is 0 Å². The number of quaternary nitrogens is 1. The van der Waals surface area contributed by atoms with Crippen molar-refractivity contribution in [3.8, 4) is 0 Å². The van der Waals surface area contributed by atoms with Crippen LogP contribution in [-0.4, -0.2) is 69.4 Å². The van der Waals surface area contributed by atoms with Crippen molar-refractivity contribution in [1.82, 2.24) is 5.32 Å². The second-order valence-corrected chi connectivity index (χ2v) is 25.1. The van der Waals surface area contributed by atoms with Gasteiger partial charge < -0.3 is 28.5 Å². The molecule has 0 rings (SSSR count). The van der Waals surface area contributed by atoms with E-state index in [9.17, 15) is 19.0 Å². The summed E-state index contributed by atoms with van der Waals surface area (Å²) in [5.74, 6) is -0.557. The zero-order valence-corrected chi connectivity index (χ0v) is 52.1. The molecule has 0 saturated carbocycles. The van der Waals surface area contributed by atoms with Crippen LogP contribution in [0.15, 0.2) is 36.5 Å². The molecule has 0 aliphatic heterocycles. The van der Waals surface area contributed by atoms with Gasteiger partial charge in [0.25, 0.3) is 7.82 Å². The minimum atomic E-state index is -4.70. The molecule has 3 atom stereocenters. The predicted molar refractivity (Wildman–Crippen MR) is 326 cm³/mol. The van der Waals surface area contributed by atoms with Crippen LogP contribution >= 0.6 is 7.82 Å². The van der Waals surface area contributed by atoms with Crippen molar-refractivity contribution < 1.29 is 37.3 Å². The fourth-order valence-corrected chi connectivity index (χ4v) is 10.5. The van der Waals surface area contributed by atoms with Crippen LogP contribution < -0.4 is 10.2 Å². The molecule has 1 amide bonds. The molecule has 448 valence electrons. The van der Waals surface area contributed by atoms with Gasteiger partial charge in [-0.3, -0.25) is 14.2 Å². The first-order valence-corrected chi connectivity index (χ1v) is 34.3. The maximum Gasteiger partial charge on any atom is 0.306 e. The van der Waals surface area contributed by atoms with Crippen LogP contribution in [-0.2, 0) is 27.9 Å². The highest BCUT2D eigenvalue weighted by Gasteiger charge is 2.27. The van der Waals surface area contributed by atoms with Crippen LogP contribution in [0.2, 0.25) is 0 Å². The number of phosphoric acid groups is 1. The molecule has 0 aromatic rings. The SMILES string of the molecule is CCCCCCCCC/C=C/C=C/CCCCCC(=O)NC(COP(=O)([O-])OCC[N+](C)(C)C)C(/C=C\CCCCCCCCCCC)OC(=O)CCCCCCCCCCCCCCCCCCCCCCCCC. The van der Waals surface area contributed by atoms with Crippen molar-refractivity contribution in [2.45, 2.75) is 335 Å². The quantitative estimate of drug-likeness (QED) is 0.0161. The monoisotopic (exact) mass is 1090 g/mol. The maximum atomic E-state index is 13.5. The number of unbranched alkanes of at least 4 members (excludes halogenated alkanes) is 41. The van der Waals surface area contributed by atoms with Gasteiger partial charge in [0.15, 0.2) is 0 Å². The zero-order chi connectivity index (χ0) is 55.7. The highest BCUT2D eigenvalue weighted by atomic mass is 31.2. The molecule has 0 saturated heterocycles. The molecular formula is C66H127N2O7P. The summed E-state index contributed by atoms with van der Waals surface area (Å²) in [7, 11) is 1.18. The molecule has 76 heavy (non-hydrogen) atoms. The van der Waals surface area contributed by atoms with Gasteiger partial charge in [0.05, 0.1) is 33.8 Å². The standard InChI is InChI=1S/C66H127N2O7P/c1-7-10-13-16-19-22-25-27-29-31-32-33-34-35-36-37-39-41-44-47-50-53-56-59-66(70)75-64(57-54-51-48-45-42-24-21-18-15-12-9-3)63(62-74-76(71,72)73-61-60-68(4,5)6)67-65(69)58-55-52-49-46-43-40-38-30-28-26-23-20-17-14-11-8-2/h30,38,40,43,54,57,63-64H,7-29,31-37,39,41-42,44-53,55-56,58-62H2,1-6H3,(H-,67,69,71,72)/b38-30+,43-40+,57-54-. The second kappa shape index (κ2) is 56.5. The van der Waals surface area contributed by atoms with Crippen molar-refractivity contribution in [3.63, 3.8) is 0 Å². The van der Waals surface area contributed by atoms with Gasteiger partial charge >= 0.3 is 5.97 Å². The van der Waals surface area contributed by atoms with Gasteiger partial charge in [-0.1, -0.05) is 289 Å². The first-order valence-electron chi connectivity index (χ1n) is 32.8. The van der Waals surface area contributed by atoms with Crippen molar-refractivity contribution in [2.75, 3.05) is 40.9 Å². The third-order valence-electron chi connectivity index (χ3n) is 14.9. The number of allylic oxidation sites excluding steroid dienone is 5. The largest absolute Gasteiger partial charge is 0.756 e. The van der Waals surface area contributed by atoms with Crippen LogP contribution in [0.4, 0.5) is 0 Å². The van der Waals surface area contributed by atoms with E-state index in [1.54, 1.807) is 0 Å². The average molecular weight is 1090 g/mol.